The first-order chi connectivity index (χ1) is 9.38. The number of carboxylic acids is 2. The SMILES string of the molecule is O=C(O)c1cc(C(=O)O)cc(-c2ccc(Cl)cc2Cl)c1. The molecular formula is C14H8Cl2O4. The van der Waals surface area contributed by atoms with Gasteiger partial charge in [0.15, 0.2) is 0 Å². The van der Waals surface area contributed by atoms with Gasteiger partial charge in [-0.15, -0.1) is 0 Å². The molecule has 0 aliphatic rings. The molecule has 0 bridgehead atoms. The van der Waals surface area contributed by atoms with Crippen LogP contribution in [0.3, 0.4) is 0 Å². The molecule has 0 saturated carbocycles. The Balaban J connectivity index is 2.66. The maximum atomic E-state index is 11.1. The monoisotopic (exact) mass is 310 g/mol. The molecule has 0 heterocycles. The molecule has 4 nitrogen and oxygen atoms in total. The first-order valence-electron chi connectivity index (χ1n) is 5.45. The summed E-state index contributed by atoms with van der Waals surface area (Å²) in [5, 5.41) is 18.8. The molecule has 0 aliphatic carbocycles. The standard InChI is InChI=1S/C14H8Cl2O4/c15-10-1-2-11(12(16)6-10)7-3-8(13(17)18)5-9(4-7)14(19)20/h1-6H,(H,17,18)(H,19,20). The highest BCUT2D eigenvalue weighted by atomic mass is 35.5. The highest BCUT2D eigenvalue weighted by Gasteiger charge is 2.14. The average Bonchev–Trinajstić information content (AvgIpc) is 2.38. The number of halogens is 2. The molecule has 0 atom stereocenters. The van der Waals surface area contributed by atoms with Crippen LogP contribution in [0, 0.1) is 0 Å². The molecule has 2 N–H and O–H groups in total. The smallest absolute Gasteiger partial charge is 0.335 e. The van der Waals surface area contributed by atoms with Crippen LogP contribution in [-0.2, 0) is 0 Å². The Kier molecular flexibility index (Phi) is 3.97. The molecule has 0 saturated heterocycles. The summed E-state index contributed by atoms with van der Waals surface area (Å²) in [5.41, 5.74) is 0.683. The highest BCUT2D eigenvalue weighted by Crippen LogP contribution is 2.31. The fourth-order valence-electron chi connectivity index (χ4n) is 1.75. The summed E-state index contributed by atoms with van der Waals surface area (Å²) >= 11 is 11.8. The van der Waals surface area contributed by atoms with Crippen LogP contribution < -0.4 is 0 Å². The Hall–Kier alpha value is -2.04. The zero-order valence-electron chi connectivity index (χ0n) is 9.93. The van der Waals surface area contributed by atoms with Gasteiger partial charge in [0, 0.05) is 15.6 Å². The molecular weight excluding hydrogens is 303 g/mol. The maximum absolute atomic E-state index is 11.1. The number of benzene rings is 2. The predicted octanol–water partition coefficient (Wildman–Crippen LogP) is 4.06. The number of carboxylic acid groups (broad SMARTS) is 2. The van der Waals surface area contributed by atoms with Crippen molar-refractivity contribution in [3.63, 3.8) is 0 Å². The van der Waals surface area contributed by atoms with Crippen molar-refractivity contribution >= 4 is 35.1 Å². The number of hydrogen-bond donors (Lipinski definition) is 2. The molecule has 0 amide bonds. The lowest BCUT2D eigenvalue weighted by Gasteiger charge is -2.08. The van der Waals surface area contributed by atoms with Gasteiger partial charge < -0.3 is 10.2 Å². The van der Waals surface area contributed by atoms with Gasteiger partial charge in [-0.2, -0.15) is 0 Å². The summed E-state index contributed by atoms with van der Waals surface area (Å²) in [4.78, 5) is 22.1. The second-order valence-electron chi connectivity index (χ2n) is 4.03. The van der Waals surface area contributed by atoms with E-state index >= 15 is 0 Å². The zero-order valence-corrected chi connectivity index (χ0v) is 11.4. The van der Waals surface area contributed by atoms with Gasteiger partial charge in [0.1, 0.15) is 0 Å². The van der Waals surface area contributed by atoms with Gasteiger partial charge in [0.05, 0.1) is 11.1 Å². The molecule has 0 radical (unpaired) electrons. The van der Waals surface area contributed by atoms with Gasteiger partial charge in [-0.05, 0) is 35.9 Å². The number of hydrogen-bond acceptors (Lipinski definition) is 2. The van der Waals surface area contributed by atoms with Crippen LogP contribution in [0.4, 0.5) is 0 Å². The van der Waals surface area contributed by atoms with Crippen LogP contribution in [0.15, 0.2) is 36.4 Å². The Bertz CT molecular complexity index is 678. The van der Waals surface area contributed by atoms with Crippen molar-refractivity contribution in [2.45, 2.75) is 0 Å². The van der Waals surface area contributed by atoms with Gasteiger partial charge in [0.25, 0.3) is 0 Å². The van der Waals surface area contributed by atoms with Crippen molar-refractivity contribution in [1.82, 2.24) is 0 Å². The fourth-order valence-corrected chi connectivity index (χ4v) is 2.27. The second kappa shape index (κ2) is 5.53. The van der Waals surface area contributed by atoms with Gasteiger partial charge in [0.2, 0.25) is 0 Å². The van der Waals surface area contributed by atoms with Crippen LogP contribution in [0.5, 0.6) is 0 Å². The lowest BCUT2D eigenvalue weighted by atomic mass is 9.99. The Morgan fingerprint density at radius 2 is 1.40 bits per heavy atom. The summed E-state index contributed by atoms with van der Waals surface area (Å²) in [7, 11) is 0. The Morgan fingerprint density at radius 1 is 0.850 bits per heavy atom. The minimum atomic E-state index is -1.21. The molecule has 0 fully saturated rings. The van der Waals surface area contributed by atoms with Gasteiger partial charge in [-0.1, -0.05) is 29.3 Å². The van der Waals surface area contributed by atoms with E-state index in [1.165, 1.54) is 18.2 Å². The van der Waals surface area contributed by atoms with E-state index in [-0.39, 0.29) is 11.1 Å². The van der Waals surface area contributed by atoms with E-state index in [1.54, 1.807) is 12.1 Å². The normalized spacial score (nSPS) is 10.3. The first-order valence-corrected chi connectivity index (χ1v) is 6.21. The highest BCUT2D eigenvalue weighted by molar-refractivity contribution is 6.36. The molecule has 6 heteroatoms. The quantitative estimate of drug-likeness (QED) is 0.896. The van der Waals surface area contributed by atoms with Crippen molar-refractivity contribution in [2.24, 2.45) is 0 Å². The molecule has 2 aromatic rings. The second-order valence-corrected chi connectivity index (χ2v) is 4.88. The molecule has 102 valence electrons. The molecule has 2 aromatic carbocycles. The minimum Gasteiger partial charge on any atom is -0.478 e. The Morgan fingerprint density at radius 3 is 1.85 bits per heavy atom. The third-order valence-electron chi connectivity index (χ3n) is 2.67. The van der Waals surface area contributed by atoms with Gasteiger partial charge in [-0.25, -0.2) is 9.59 Å². The van der Waals surface area contributed by atoms with Crippen molar-refractivity contribution in [2.75, 3.05) is 0 Å². The van der Waals surface area contributed by atoms with E-state index in [9.17, 15) is 9.59 Å². The van der Waals surface area contributed by atoms with Crippen LogP contribution in [-0.4, -0.2) is 22.2 Å². The van der Waals surface area contributed by atoms with E-state index in [2.05, 4.69) is 0 Å². The number of aromatic carboxylic acids is 2. The van der Waals surface area contributed by atoms with Gasteiger partial charge in [-0.3, -0.25) is 0 Å². The van der Waals surface area contributed by atoms with E-state index in [0.29, 0.717) is 21.2 Å². The maximum Gasteiger partial charge on any atom is 0.335 e. The minimum absolute atomic E-state index is 0.120. The van der Waals surface area contributed by atoms with Crippen molar-refractivity contribution in [1.29, 1.82) is 0 Å². The number of rotatable bonds is 3. The summed E-state index contributed by atoms with van der Waals surface area (Å²) in [6.07, 6.45) is 0. The van der Waals surface area contributed by atoms with Gasteiger partial charge >= 0.3 is 11.9 Å². The fraction of sp³-hybridized carbons (Fsp3) is 0. The van der Waals surface area contributed by atoms with Crippen LogP contribution in [0.1, 0.15) is 20.7 Å². The van der Waals surface area contributed by atoms with Crippen LogP contribution in [0.2, 0.25) is 10.0 Å². The number of carbonyl (C=O) groups is 2. The first kappa shape index (κ1) is 14.4. The third kappa shape index (κ3) is 2.92. The topological polar surface area (TPSA) is 74.6 Å². The van der Waals surface area contributed by atoms with Crippen LogP contribution >= 0.6 is 23.2 Å². The van der Waals surface area contributed by atoms with Crippen LogP contribution in [0.25, 0.3) is 11.1 Å². The van der Waals surface area contributed by atoms with Crippen molar-refractivity contribution in [3.05, 3.63) is 57.6 Å². The molecule has 0 unspecified atom stereocenters. The molecule has 0 aromatic heterocycles. The van der Waals surface area contributed by atoms with Crippen molar-refractivity contribution < 1.29 is 19.8 Å². The lowest BCUT2D eigenvalue weighted by Crippen LogP contribution is -2.03. The summed E-state index contributed by atoms with van der Waals surface area (Å²) < 4.78 is 0. The molecule has 20 heavy (non-hydrogen) atoms. The predicted molar refractivity (Wildman–Crippen MR) is 75.8 cm³/mol. The third-order valence-corrected chi connectivity index (χ3v) is 3.22. The lowest BCUT2D eigenvalue weighted by molar-refractivity contribution is 0.0696. The zero-order chi connectivity index (χ0) is 14.9. The summed E-state index contributed by atoms with van der Waals surface area (Å²) in [6, 6.07) is 8.53. The van der Waals surface area contributed by atoms with E-state index < -0.39 is 11.9 Å². The largest absolute Gasteiger partial charge is 0.478 e. The van der Waals surface area contributed by atoms with E-state index in [1.807, 2.05) is 0 Å². The van der Waals surface area contributed by atoms with Crippen molar-refractivity contribution in [3.8, 4) is 11.1 Å². The summed E-state index contributed by atoms with van der Waals surface area (Å²) in [6.45, 7) is 0. The van der Waals surface area contributed by atoms with E-state index in [0.717, 1.165) is 6.07 Å². The Labute approximate surface area is 124 Å². The molecule has 0 aliphatic heterocycles. The molecule has 2 rings (SSSR count). The molecule has 0 spiro atoms. The average molecular weight is 311 g/mol. The van der Waals surface area contributed by atoms with E-state index in [4.69, 9.17) is 33.4 Å². The summed E-state index contributed by atoms with van der Waals surface area (Å²) in [5.74, 6) is -2.42.